The molecule has 1 heteroatoms. The van der Waals surface area contributed by atoms with Gasteiger partial charge in [0.1, 0.15) is 11.2 Å². The summed E-state index contributed by atoms with van der Waals surface area (Å²) in [5.74, 6) is 0. The van der Waals surface area contributed by atoms with Crippen LogP contribution in [0.5, 0.6) is 0 Å². The van der Waals surface area contributed by atoms with Gasteiger partial charge < -0.3 is 4.42 Å². The molecule has 1 aliphatic carbocycles. The second kappa shape index (κ2) is 9.94. The number of furan rings is 1. The van der Waals surface area contributed by atoms with Crippen LogP contribution in [0.15, 0.2) is 162 Å². The van der Waals surface area contributed by atoms with Crippen molar-refractivity contribution < 1.29 is 4.42 Å². The molecule has 0 unspecified atom stereocenters. The summed E-state index contributed by atoms with van der Waals surface area (Å²) < 4.78 is 6.84. The minimum atomic E-state index is -0.267. The topological polar surface area (TPSA) is 13.1 Å². The van der Waals surface area contributed by atoms with E-state index in [1.54, 1.807) is 0 Å². The summed E-state index contributed by atoms with van der Waals surface area (Å²) >= 11 is 0. The lowest BCUT2D eigenvalue weighted by molar-refractivity contribution is 0.655. The van der Waals surface area contributed by atoms with Crippen LogP contribution in [-0.4, -0.2) is 0 Å². The molecule has 1 nitrogen and oxygen atoms in total. The first-order valence-electron chi connectivity index (χ1n) is 17.5. The van der Waals surface area contributed by atoms with Crippen molar-refractivity contribution in [3.05, 3.63) is 169 Å². The maximum atomic E-state index is 6.84. The SMILES string of the molecule is CC1(C)c2cc3ccccc3cc2-c2c1c(-c1c3ccccc3c(-c3ccc4ccccc4c3)c3ccccc13)cc1c2oc2ccccc21. The molecular formula is C49H32O. The predicted molar refractivity (Wildman–Crippen MR) is 212 cm³/mol. The van der Waals surface area contributed by atoms with Gasteiger partial charge in [0.15, 0.2) is 0 Å². The van der Waals surface area contributed by atoms with Crippen molar-refractivity contribution in [2.24, 2.45) is 0 Å². The molecule has 0 bridgehead atoms. The summed E-state index contributed by atoms with van der Waals surface area (Å²) in [4.78, 5) is 0. The van der Waals surface area contributed by atoms with Crippen molar-refractivity contribution in [1.29, 1.82) is 0 Å². The summed E-state index contributed by atoms with van der Waals surface area (Å²) in [6.45, 7) is 4.80. The smallest absolute Gasteiger partial charge is 0.143 e. The third-order valence-corrected chi connectivity index (χ3v) is 11.4. The number of para-hydroxylation sites is 1. The number of rotatable bonds is 2. The maximum absolute atomic E-state index is 6.84. The number of benzene rings is 9. The van der Waals surface area contributed by atoms with Crippen molar-refractivity contribution in [2.45, 2.75) is 19.3 Å². The van der Waals surface area contributed by atoms with Gasteiger partial charge in [0.2, 0.25) is 0 Å². The quantitative estimate of drug-likeness (QED) is 0.172. The molecule has 50 heavy (non-hydrogen) atoms. The molecule has 0 radical (unpaired) electrons. The van der Waals surface area contributed by atoms with Gasteiger partial charge in [-0.15, -0.1) is 0 Å². The number of fused-ring (bicyclic) bond motifs is 11. The molecule has 0 N–H and O–H groups in total. The molecule has 234 valence electrons. The average Bonchev–Trinajstić information content (AvgIpc) is 3.64. The maximum Gasteiger partial charge on any atom is 0.143 e. The minimum absolute atomic E-state index is 0.267. The van der Waals surface area contributed by atoms with Crippen molar-refractivity contribution in [1.82, 2.24) is 0 Å². The van der Waals surface area contributed by atoms with Crippen LogP contribution in [-0.2, 0) is 5.41 Å². The molecule has 10 aromatic rings. The fraction of sp³-hybridized carbons (Fsp3) is 0.0612. The van der Waals surface area contributed by atoms with E-state index in [0.29, 0.717) is 0 Å². The van der Waals surface area contributed by atoms with E-state index in [1.165, 1.54) is 87.6 Å². The summed E-state index contributed by atoms with van der Waals surface area (Å²) in [6, 6.07) is 58.1. The first kappa shape index (κ1) is 27.7. The highest BCUT2D eigenvalue weighted by Gasteiger charge is 2.41. The molecule has 0 spiro atoms. The van der Waals surface area contributed by atoms with Gasteiger partial charge in [-0.3, -0.25) is 0 Å². The van der Waals surface area contributed by atoms with Gasteiger partial charge in [-0.25, -0.2) is 0 Å². The Morgan fingerprint density at radius 1 is 0.400 bits per heavy atom. The molecule has 9 aromatic carbocycles. The van der Waals surface area contributed by atoms with E-state index >= 15 is 0 Å². The Labute approximate surface area is 290 Å². The molecule has 11 rings (SSSR count). The van der Waals surface area contributed by atoms with E-state index in [2.05, 4.69) is 172 Å². The second-order valence-corrected chi connectivity index (χ2v) is 14.4. The molecule has 1 heterocycles. The van der Waals surface area contributed by atoms with Crippen LogP contribution in [0.4, 0.5) is 0 Å². The molecule has 0 amide bonds. The van der Waals surface area contributed by atoms with Crippen LogP contribution in [0.3, 0.4) is 0 Å². The highest BCUT2D eigenvalue weighted by Crippen LogP contribution is 2.58. The summed E-state index contributed by atoms with van der Waals surface area (Å²) in [7, 11) is 0. The van der Waals surface area contributed by atoms with Crippen LogP contribution in [0, 0.1) is 0 Å². The van der Waals surface area contributed by atoms with Crippen LogP contribution in [0.1, 0.15) is 25.0 Å². The lowest BCUT2D eigenvalue weighted by Crippen LogP contribution is -2.16. The molecule has 0 aliphatic heterocycles. The molecular weight excluding hydrogens is 605 g/mol. The van der Waals surface area contributed by atoms with E-state index in [4.69, 9.17) is 4.42 Å². The first-order valence-corrected chi connectivity index (χ1v) is 17.5. The van der Waals surface area contributed by atoms with Crippen molar-refractivity contribution in [2.75, 3.05) is 0 Å². The molecule has 1 aromatic heterocycles. The van der Waals surface area contributed by atoms with Gasteiger partial charge in [-0.1, -0.05) is 141 Å². The third kappa shape index (κ3) is 3.67. The Balaban J connectivity index is 1.32. The summed E-state index contributed by atoms with van der Waals surface area (Å²) in [5, 5.41) is 12.4. The van der Waals surface area contributed by atoms with Gasteiger partial charge in [0.05, 0.1) is 0 Å². The Morgan fingerprint density at radius 2 is 0.940 bits per heavy atom. The summed E-state index contributed by atoms with van der Waals surface area (Å²) in [5.41, 5.74) is 11.9. The van der Waals surface area contributed by atoms with E-state index in [9.17, 15) is 0 Å². The van der Waals surface area contributed by atoms with Gasteiger partial charge in [-0.05, 0) is 112 Å². The monoisotopic (exact) mass is 636 g/mol. The van der Waals surface area contributed by atoms with Gasteiger partial charge in [-0.2, -0.15) is 0 Å². The van der Waals surface area contributed by atoms with Crippen LogP contribution >= 0.6 is 0 Å². The molecule has 0 atom stereocenters. The van der Waals surface area contributed by atoms with Crippen LogP contribution in [0.2, 0.25) is 0 Å². The van der Waals surface area contributed by atoms with Crippen molar-refractivity contribution in [3.63, 3.8) is 0 Å². The predicted octanol–water partition coefficient (Wildman–Crippen LogP) is 13.8. The Hall–Kier alpha value is -6.18. The summed E-state index contributed by atoms with van der Waals surface area (Å²) in [6.07, 6.45) is 0. The van der Waals surface area contributed by atoms with Crippen LogP contribution < -0.4 is 0 Å². The Morgan fingerprint density at radius 3 is 1.62 bits per heavy atom. The van der Waals surface area contributed by atoms with E-state index in [0.717, 1.165) is 21.9 Å². The first-order chi connectivity index (χ1) is 24.6. The largest absolute Gasteiger partial charge is 0.455 e. The highest BCUT2D eigenvalue weighted by atomic mass is 16.3. The van der Waals surface area contributed by atoms with E-state index in [1.807, 2.05) is 0 Å². The standard InChI is InChI=1S/C49H32O/c1-49(2)42-27-32-16-6-5-15-31(32)26-40(42)46-47(49)41(28-39-34-17-11-12-22-43(34)50-48(39)46)45-37-20-9-7-18-35(37)44(36-19-8-10-21-38(36)45)33-24-23-29-13-3-4-14-30(29)25-33/h3-28H,1-2H3. The van der Waals surface area contributed by atoms with Crippen LogP contribution in [0.25, 0.3) is 98.4 Å². The molecule has 1 aliphatic rings. The fourth-order valence-electron chi connectivity index (χ4n) is 9.14. The van der Waals surface area contributed by atoms with Gasteiger partial charge in [0.25, 0.3) is 0 Å². The minimum Gasteiger partial charge on any atom is -0.455 e. The normalized spacial score (nSPS) is 13.6. The zero-order valence-electron chi connectivity index (χ0n) is 27.9. The Kier molecular flexibility index (Phi) is 5.51. The fourth-order valence-corrected chi connectivity index (χ4v) is 9.14. The lowest BCUT2D eigenvalue weighted by atomic mass is 9.76. The van der Waals surface area contributed by atoms with Gasteiger partial charge >= 0.3 is 0 Å². The molecule has 0 fully saturated rings. The zero-order valence-corrected chi connectivity index (χ0v) is 27.9. The highest BCUT2D eigenvalue weighted by molar-refractivity contribution is 6.24. The van der Waals surface area contributed by atoms with E-state index in [-0.39, 0.29) is 5.41 Å². The average molecular weight is 637 g/mol. The third-order valence-electron chi connectivity index (χ3n) is 11.4. The second-order valence-electron chi connectivity index (χ2n) is 14.4. The van der Waals surface area contributed by atoms with E-state index < -0.39 is 0 Å². The molecule has 0 saturated carbocycles. The Bertz CT molecular complexity index is 3010. The van der Waals surface area contributed by atoms with Crippen molar-refractivity contribution >= 4 is 65.0 Å². The van der Waals surface area contributed by atoms with Crippen molar-refractivity contribution in [3.8, 4) is 33.4 Å². The number of hydrogen-bond donors (Lipinski definition) is 0. The zero-order chi connectivity index (χ0) is 33.1. The number of hydrogen-bond acceptors (Lipinski definition) is 1. The van der Waals surface area contributed by atoms with Gasteiger partial charge in [0, 0.05) is 21.8 Å². The lowest BCUT2D eigenvalue weighted by Gasteiger charge is -2.26. The molecule has 0 saturated heterocycles.